The van der Waals surface area contributed by atoms with E-state index in [1.165, 1.54) is 35.9 Å². The number of nitrogens with one attached hydrogen (secondary N) is 2. The zero-order chi connectivity index (χ0) is 39.8. The predicted octanol–water partition coefficient (Wildman–Crippen LogP) is -3.78. The molecule has 2 bridgehead atoms. The van der Waals surface area contributed by atoms with Gasteiger partial charge in [0, 0.05) is 53.5 Å². The Morgan fingerprint density at radius 3 is 2.39 bits per heavy atom. The largest absolute Gasteiger partial charge is 1.00 e. The fourth-order valence-corrected chi connectivity index (χ4v) is 9.78. The SMILES string of the molecule is C[C@@H]1S[C@@H]2[C@H](NC(=O)/C(=N\OC(C)(C)C(=O)[O-])c3csc(N)n3)C(=O)N2C(C(=O)O)=C1C[N+]12CCC(Cn3c(=O)[nH]c4cc(O)c(O)cc4c3=O)(CC1)CC2.[Na+]. The van der Waals surface area contributed by atoms with Gasteiger partial charge in [-0.2, -0.15) is 0 Å². The first-order chi connectivity index (χ1) is 25.8. The number of aromatic hydroxyl groups is 2. The second-order valence-electron chi connectivity index (χ2n) is 15.0. The summed E-state index contributed by atoms with van der Waals surface area (Å²) in [6.07, 6.45) is 1.98. The summed E-state index contributed by atoms with van der Waals surface area (Å²) in [6, 6.07) is 1.12. The Morgan fingerprint density at radius 1 is 1.16 bits per heavy atom. The smallest absolute Gasteiger partial charge is 0.546 e. The van der Waals surface area contributed by atoms with E-state index in [1.807, 2.05) is 6.92 Å². The van der Waals surface area contributed by atoms with Crippen molar-refractivity contribution in [2.75, 3.05) is 31.9 Å². The Bertz CT molecular complexity index is 2330. The fraction of sp³-hybridized carbons (Fsp3) is 0.471. The van der Waals surface area contributed by atoms with Gasteiger partial charge >= 0.3 is 41.2 Å². The molecule has 0 aliphatic carbocycles. The number of carbonyl (C=O) groups excluding carboxylic acids is 3. The molecule has 292 valence electrons. The number of hydrogen-bond acceptors (Lipinski definition) is 15. The first-order valence-electron chi connectivity index (χ1n) is 17.3. The molecule has 5 aliphatic rings. The number of thiazole rings is 1. The number of anilines is 1. The van der Waals surface area contributed by atoms with Crippen molar-refractivity contribution in [2.24, 2.45) is 10.6 Å². The van der Waals surface area contributed by atoms with Gasteiger partial charge in [0.25, 0.3) is 17.4 Å². The first-order valence-corrected chi connectivity index (χ1v) is 19.2. The maximum atomic E-state index is 13.6. The number of nitrogen functional groups attached to an aromatic ring is 1. The Balaban J connectivity index is 0.00000532. The van der Waals surface area contributed by atoms with E-state index in [4.69, 9.17) is 10.6 Å². The summed E-state index contributed by atoms with van der Waals surface area (Å²) in [5, 5.41) is 48.5. The van der Waals surface area contributed by atoms with Gasteiger partial charge in [0.15, 0.2) is 27.9 Å². The summed E-state index contributed by atoms with van der Waals surface area (Å²) in [7, 11) is 0. The maximum Gasteiger partial charge on any atom is 1.00 e. The minimum Gasteiger partial charge on any atom is -0.546 e. The van der Waals surface area contributed by atoms with Gasteiger partial charge in [-0.15, -0.1) is 23.1 Å². The van der Waals surface area contributed by atoms with Crippen LogP contribution in [0.3, 0.4) is 0 Å². The number of phenols is 2. The van der Waals surface area contributed by atoms with Crippen molar-refractivity contribution < 1.29 is 78.5 Å². The molecular weight excluding hydrogens is 784 g/mol. The Labute approximate surface area is 348 Å². The van der Waals surface area contributed by atoms with Crippen LogP contribution in [0, 0.1) is 5.41 Å². The van der Waals surface area contributed by atoms with Crippen LogP contribution < -0.4 is 57.0 Å². The van der Waals surface area contributed by atoms with E-state index in [-0.39, 0.29) is 74.2 Å². The van der Waals surface area contributed by atoms with Crippen molar-refractivity contribution in [1.29, 1.82) is 0 Å². The molecule has 7 heterocycles. The van der Waals surface area contributed by atoms with E-state index in [2.05, 4.69) is 20.4 Å². The van der Waals surface area contributed by atoms with Gasteiger partial charge in [0.2, 0.25) is 0 Å². The molecule has 0 unspecified atom stereocenters. The molecule has 4 saturated heterocycles. The molecule has 8 rings (SSSR count). The molecule has 0 spiro atoms. The van der Waals surface area contributed by atoms with Crippen molar-refractivity contribution in [2.45, 2.75) is 68.8 Å². The average Bonchev–Trinajstić information content (AvgIpc) is 3.56. The predicted molar refractivity (Wildman–Crippen MR) is 196 cm³/mol. The normalized spacial score (nSPS) is 26.0. The minimum atomic E-state index is -1.91. The number of rotatable bonds is 11. The Kier molecular flexibility index (Phi) is 10.9. The number of benzene rings is 1. The number of fused-ring (bicyclic) bond motifs is 5. The van der Waals surface area contributed by atoms with E-state index in [0.29, 0.717) is 55.5 Å². The molecule has 1 aromatic carbocycles. The number of aromatic nitrogens is 3. The number of thioether (sulfide) groups is 1. The standard InChI is InChI=1S/C34H38N8O11S2.Na/c1-15-17(12-42-7-4-34(5-8-42,6-9-42)14-40-26(46)16-10-20(43)21(44)11-18(16)37-32(40)52)24(29(48)49)41-27(47)23(28(41)55-15)38-25(45)22(19-13-54-31(35)36-19)39-53-33(2,3)30(50)51;/h10-11,13,15,23,28H,4-9,12,14H2,1-3H3,(H7-,35,36,37,38,39,43,44,45,46,48,49,50,51,52);/q;+1/t15-,23+,28+,34?,42?;/m0./s1. The maximum absolute atomic E-state index is 13.6. The third-order valence-corrected chi connectivity index (χ3v) is 13.3. The monoisotopic (exact) mass is 821 g/mol. The number of nitrogens with two attached hydrogens (primary N) is 1. The molecule has 7 N–H and O–H groups in total. The van der Waals surface area contributed by atoms with Gasteiger partial charge in [0.05, 0.1) is 36.5 Å². The molecule has 3 atom stereocenters. The van der Waals surface area contributed by atoms with Crippen LogP contribution in [0.25, 0.3) is 10.9 Å². The molecule has 22 heteroatoms. The van der Waals surface area contributed by atoms with Crippen LogP contribution >= 0.6 is 23.1 Å². The van der Waals surface area contributed by atoms with Gasteiger partial charge in [-0.05, 0) is 26.8 Å². The second kappa shape index (κ2) is 14.8. The van der Waals surface area contributed by atoms with Crippen LogP contribution in [0.4, 0.5) is 5.13 Å². The number of oxime groups is 1. The van der Waals surface area contributed by atoms with Crippen molar-refractivity contribution in [3.8, 4) is 11.5 Å². The number of amides is 2. The molecule has 4 fully saturated rings. The number of carbonyl (C=O) groups is 4. The molecule has 2 aromatic heterocycles. The van der Waals surface area contributed by atoms with Crippen LogP contribution in [0.5, 0.6) is 11.5 Å². The number of H-pyrrole nitrogens is 1. The van der Waals surface area contributed by atoms with Crippen molar-refractivity contribution in [3.05, 3.63) is 55.3 Å². The topological polar surface area (TPSA) is 283 Å². The number of aromatic amines is 1. The fourth-order valence-electron chi connectivity index (χ4n) is 7.79. The molecule has 5 aliphatic heterocycles. The Morgan fingerprint density at radius 2 is 1.80 bits per heavy atom. The molecule has 0 saturated carbocycles. The molecule has 56 heavy (non-hydrogen) atoms. The van der Waals surface area contributed by atoms with Crippen molar-refractivity contribution in [1.82, 2.24) is 24.8 Å². The number of piperidine rings is 3. The summed E-state index contributed by atoms with van der Waals surface area (Å²) < 4.78 is 1.71. The number of phenolic OH excluding ortho intramolecular Hbond substituents is 2. The second-order valence-corrected chi connectivity index (χ2v) is 17.4. The number of nitrogens with zero attached hydrogens (tertiary/aromatic N) is 5. The quantitative estimate of drug-likeness (QED) is 0.0271. The van der Waals surface area contributed by atoms with Crippen LogP contribution in [-0.4, -0.2) is 117 Å². The molecule has 19 nitrogen and oxygen atoms in total. The average molecular weight is 822 g/mol. The summed E-state index contributed by atoms with van der Waals surface area (Å²) in [5.74, 6) is -5.35. The van der Waals surface area contributed by atoms with E-state index >= 15 is 0 Å². The Hall–Kier alpha value is -4.41. The van der Waals surface area contributed by atoms with Crippen molar-refractivity contribution >= 4 is 68.6 Å². The van der Waals surface area contributed by atoms with Gasteiger partial charge in [-0.3, -0.25) is 23.9 Å². The molecule has 3 aromatic rings. The number of carboxylic acid groups (broad SMARTS) is 2. The first kappa shape index (κ1) is 41.2. The van der Waals surface area contributed by atoms with E-state index < -0.39 is 69.2 Å². The molecule has 2 amide bonds. The number of quaternary nitrogens is 1. The third kappa shape index (κ3) is 7.19. The zero-order valence-electron chi connectivity index (χ0n) is 30.9. The van der Waals surface area contributed by atoms with Crippen LogP contribution in [0.1, 0.15) is 45.7 Å². The minimum absolute atomic E-state index is 0. The molecule has 0 radical (unpaired) electrons. The van der Waals surface area contributed by atoms with E-state index in [1.54, 1.807) is 0 Å². The molecular formula is C34H38N8NaO11S2+. The van der Waals surface area contributed by atoms with Gasteiger partial charge in [-0.25, -0.2) is 14.6 Å². The summed E-state index contributed by atoms with van der Waals surface area (Å²) in [4.78, 5) is 90.8. The van der Waals surface area contributed by atoms with Gasteiger partial charge in [-0.1, -0.05) is 5.16 Å². The number of aliphatic carboxylic acids is 2. The van der Waals surface area contributed by atoms with E-state index in [9.17, 15) is 49.2 Å². The van der Waals surface area contributed by atoms with Crippen LogP contribution in [0.15, 0.2) is 43.5 Å². The zero-order valence-corrected chi connectivity index (χ0v) is 34.5. The van der Waals surface area contributed by atoms with Gasteiger partial charge < -0.3 is 50.6 Å². The van der Waals surface area contributed by atoms with Crippen LogP contribution in [0.2, 0.25) is 0 Å². The van der Waals surface area contributed by atoms with Gasteiger partial charge in [0.1, 0.15) is 29.4 Å². The summed E-state index contributed by atoms with van der Waals surface area (Å²) in [6.45, 7) is 6.69. The number of carboxylic acids is 2. The van der Waals surface area contributed by atoms with Crippen molar-refractivity contribution in [3.63, 3.8) is 0 Å². The van der Waals surface area contributed by atoms with Crippen LogP contribution in [-0.2, 0) is 30.6 Å². The summed E-state index contributed by atoms with van der Waals surface area (Å²) in [5.41, 5.74) is 2.39. The number of hydrogen-bond donors (Lipinski definition) is 6. The number of β-lactam (4-membered cyclic amide) rings is 1. The third-order valence-electron chi connectivity index (χ3n) is 11.2. The summed E-state index contributed by atoms with van der Waals surface area (Å²) >= 11 is 2.33. The van der Waals surface area contributed by atoms with E-state index in [0.717, 1.165) is 28.0 Å².